The van der Waals surface area contributed by atoms with Crippen LogP contribution in [0.15, 0.2) is 0 Å². The molecule has 1 rings (SSSR count). The highest BCUT2D eigenvalue weighted by molar-refractivity contribution is 5.68. The van der Waals surface area contributed by atoms with E-state index in [1.165, 1.54) is 0 Å². The first-order chi connectivity index (χ1) is 6.79. The minimum absolute atomic E-state index is 0.205. The van der Waals surface area contributed by atoms with E-state index in [0.717, 1.165) is 13.1 Å². The van der Waals surface area contributed by atoms with Crippen molar-refractivity contribution < 1.29 is 9.53 Å². The van der Waals surface area contributed by atoms with Gasteiger partial charge in [0.2, 0.25) is 0 Å². The zero-order valence-corrected chi connectivity index (χ0v) is 10.3. The molecular formula is C11H22N2O2. The van der Waals surface area contributed by atoms with Gasteiger partial charge in [-0.3, -0.25) is 0 Å². The molecule has 1 aliphatic rings. The fourth-order valence-electron chi connectivity index (χ4n) is 1.60. The van der Waals surface area contributed by atoms with Gasteiger partial charge in [-0.2, -0.15) is 0 Å². The Morgan fingerprint density at radius 3 is 2.53 bits per heavy atom. The first-order valence-electron chi connectivity index (χ1n) is 5.52. The second kappa shape index (κ2) is 4.39. The van der Waals surface area contributed by atoms with Crippen molar-refractivity contribution in [3.8, 4) is 0 Å². The fourth-order valence-corrected chi connectivity index (χ4v) is 1.60. The first-order valence-corrected chi connectivity index (χ1v) is 5.52. The van der Waals surface area contributed by atoms with Gasteiger partial charge in [-0.15, -0.1) is 0 Å². The van der Waals surface area contributed by atoms with Gasteiger partial charge >= 0.3 is 6.09 Å². The maximum absolute atomic E-state index is 11.8. The third kappa shape index (κ3) is 3.70. The van der Waals surface area contributed by atoms with Crippen LogP contribution in [0.4, 0.5) is 4.79 Å². The van der Waals surface area contributed by atoms with Gasteiger partial charge in [-0.1, -0.05) is 0 Å². The van der Waals surface area contributed by atoms with E-state index in [1.807, 2.05) is 27.7 Å². The molecule has 1 heterocycles. The zero-order chi connectivity index (χ0) is 11.6. The van der Waals surface area contributed by atoms with Crippen LogP contribution in [0.3, 0.4) is 0 Å². The smallest absolute Gasteiger partial charge is 0.410 e. The number of hydrogen-bond acceptors (Lipinski definition) is 3. The van der Waals surface area contributed by atoms with Gasteiger partial charge in [0, 0.05) is 25.2 Å². The molecule has 1 amide bonds. The molecule has 4 heteroatoms. The standard InChI is InChI=1S/C11H22N2O2/c1-8-7-13(9(2)6-12-8)10(14)15-11(3,4)5/h8-9,12H,6-7H2,1-5H3/t8-,9-/m0/s1. The van der Waals surface area contributed by atoms with Crippen molar-refractivity contribution in [2.45, 2.75) is 52.3 Å². The minimum atomic E-state index is -0.412. The van der Waals surface area contributed by atoms with E-state index in [9.17, 15) is 4.79 Å². The summed E-state index contributed by atoms with van der Waals surface area (Å²) in [7, 11) is 0. The molecule has 1 N–H and O–H groups in total. The van der Waals surface area contributed by atoms with Crippen molar-refractivity contribution in [1.82, 2.24) is 10.2 Å². The highest BCUT2D eigenvalue weighted by Crippen LogP contribution is 2.14. The number of hydrogen-bond donors (Lipinski definition) is 1. The van der Waals surface area contributed by atoms with Crippen molar-refractivity contribution >= 4 is 6.09 Å². The third-order valence-electron chi connectivity index (χ3n) is 2.39. The Bertz CT molecular complexity index is 235. The van der Waals surface area contributed by atoms with Crippen LogP contribution in [0.5, 0.6) is 0 Å². The highest BCUT2D eigenvalue weighted by Gasteiger charge is 2.29. The Morgan fingerprint density at radius 1 is 1.40 bits per heavy atom. The molecule has 0 unspecified atom stereocenters. The van der Waals surface area contributed by atoms with Crippen LogP contribution in [0.2, 0.25) is 0 Å². The Morgan fingerprint density at radius 2 is 2.00 bits per heavy atom. The zero-order valence-electron chi connectivity index (χ0n) is 10.3. The second-order valence-corrected chi connectivity index (χ2v) is 5.29. The van der Waals surface area contributed by atoms with Gasteiger partial charge < -0.3 is 15.0 Å². The normalized spacial score (nSPS) is 27.7. The molecule has 0 aliphatic carbocycles. The highest BCUT2D eigenvalue weighted by atomic mass is 16.6. The second-order valence-electron chi connectivity index (χ2n) is 5.29. The summed E-state index contributed by atoms with van der Waals surface area (Å²) < 4.78 is 5.36. The lowest BCUT2D eigenvalue weighted by atomic mass is 10.1. The Balaban J connectivity index is 2.57. The van der Waals surface area contributed by atoms with E-state index in [4.69, 9.17) is 4.74 Å². The molecule has 0 saturated carbocycles. The summed E-state index contributed by atoms with van der Waals surface area (Å²) in [6.07, 6.45) is -0.205. The van der Waals surface area contributed by atoms with Crippen molar-refractivity contribution in [2.75, 3.05) is 13.1 Å². The van der Waals surface area contributed by atoms with Crippen molar-refractivity contribution in [2.24, 2.45) is 0 Å². The molecule has 0 bridgehead atoms. The van der Waals surface area contributed by atoms with Crippen LogP contribution >= 0.6 is 0 Å². The Kier molecular flexibility index (Phi) is 3.60. The molecule has 4 nitrogen and oxygen atoms in total. The summed E-state index contributed by atoms with van der Waals surface area (Å²) >= 11 is 0. The average Bonchev–Trinajstić information content (AvgIpc) is 2.06. The molecule has 0 aromatic rings. The number of rotatable bonds is 0. The van der Waals surface area contributed by atoms with Crippen LogP contribution in [-0.2, 0) is 4.74 Å². The van der Waals surface area contributed by atoms with Crippen LogP contribution < -0.4 is 5.32 Å². The molecule has 2 atom stereocenters. The third-order valence-corrected chi connectivity index (χ3v) is 2.39. The number of carbonyl (C=O) groups excluding carboxylic acids is 1. The predicted molar refractivity (Wildman–Crippen MR) is 59.9 cm³/mol. The molecule has 0 radical (unpaired) electrons. The van der Waals surface area contributed by atoms with E-state index in [1.54, 1.807) is 4.90 Å². The number of amides is 1. The molecule has 88 valence electrons. The fraction of sp³-hybridized carbons (Fsp3) is 0.909. The van der Waals surface area contributed by atoms with Crippen molar-refractivity contribution in [3.05, 3.63) is 0 Å². The van der Waals surface area contributed by atoms with Crippen LogP contribution in [0, 0.1) is 0 Å². The Labute approximate surface area is 92.0 Å². The molecular weight excluding hydrogens is 192 g/mol. The lowest BCUT2D eigenvalue weighted by Crippen LogP contribution is -2.57. The maximum Gasteiger partial charge on any atom is 0.410 e. The van der Waals surface area contributed by atoms with E-state index in [-0.39, 0.29) is 12.1 Å². The number of ether oxygens (including phenoxy) is 1. The van der Waals surface area contributed by atoms with Gasteiger partial charge in [0.15, 0.2) is 0 Å². The summed E-state index contributed by atoms with van der Waals surface area (Å²) in [4.78, 5) is 13.6. The lowest BCUT2D eigenvalue weighted by Gasteiger charge is -2.38. The molecule has 1 aliphatic heterocycles. The predicted octanol–water partition coefficient (Wildman–Crippen LogP) is 1.60. The SMILES string of the molecule is C[C@H]1CN(C(=O)OC(C)(C)C)[C@@H](C)CN1. The Hall–Kier alpha value is -0.770. The van der Waals surface area contributed by atoms with Crippen LogP contribution in [-0.4, -0.2) is 41.8 Å². The number of nitrogens with zero attached hydrogens (tertiary/aromatic N) is 1. The average molecular weight is 214 g/mol. The summed E-state index contributed by atoms with van der Waals surface area (Å²) in [6.45, 7) is 11.3. The van der Waals surface area contributed by atoms with E-state index in [0.29, 0.717) is 6.04 Å². The number of piperazine rings is 1. The number of nitrogens with one attached hydrogen (secondary N) is 1. The van der Waals surface area contributed by atoms with Crippen LogP contribution in [0.25, 0.3) is 0 Å². The van der Waals surface area contributed by atoms with Crippen molar-refractivity contribution in [1.29, 1.82) is 0 Å². The first kappa shape index (κ1) is 12.3. The van der Waals surface area contributed by atoms with Gasteiger partial charge in [-0.25, -0.2) is 4.79 Å². The minimum Gasteiger partial charge on any atom is -0.444 e. The molecule has 0 spiro atoms. The van der Waals surface area contributed by atoms with E-state index < -0.39 is 5.60 Å². The topological polar surface area (TPSA) is 41.6 Å². The molecule has 0 aromatic heterocycles. The quantitative estimate of drug-likeness (QED) is 0.666. The van der Waals surface area contributed by atoms with Crippen LogP contribution in [0.1, 0.15) is 34.6 Å². The van der Waals surface area contributed by atoms with Crippen molar-refractivity contribution in [3.63, 3.8) is 0 Å². The summed E-state index contributed by atoms with van der Waals surface area (Å²) in [5.74, 6) is 0. The maximum atomic E-state index is 11.8. The molecule has 0 aromatic carbocycles. The van der Waals surface area contributed by atoms with Gasteiger partial charge in [0.25, 0.3) is 0 Å². The molecule has 1 fully saturated rings. The van der Waals surface area contributed by atoms with E-state index >= 15 is 0 Å². The lowest BCUT2D eigenvalue weighted by molar-refractivity contribution is 0.0104. The largest absolute Gasteiger partial charge is 0.444 e. The summed E-state index contributed by atoms with van der Waals surface area (Å²) in [6, 6.07) is 0.546. The monoisotopic (exact) mass is 214 g/mol. The molecule has 15 heavy (non-hydrogen) atoms. The van der Waals surface area contributed by atoms with Gasteiger partial charge in [0.05, 0.1) is 0 Å². The van der Waals surface area contributed by atoms with E-state index in [2.05, 4.69) is 12.2 Å². The van der Waals surface area contributed by atoms with Gasteiger partial charge in [0.1, 0.15) is 5.60 Å². The molecule has 1 saturated heterocycles. The van der Waals surface area contributed by atoms with Gasteiger partial charge in [-0.05, 0) is 34.6 Å². The summed E-state index contributed by atoms with van der Waals surface area (Å²) in [5, 5.41) is 3.33. The number of carbonyl (C=O) groups is 1. The summed E-state index contributed by atoms with van der Waals surface area (Å²) in [5.41, 5.74) is -0.412.